The summed E-state index contributed by atoms with van der Waals surface area (Å²) in [5.41, 5.74) is 9.56. The van der Waals surface area contributed by atoms with E-state index in [1.54, 1.807) is 84.6 Å². The number of nitro groups is 1. The number of nitrogen functional groups attached to an aromatic ring is 1. The molecule has 3 fully saturated rings. The summed E-state index contributed by atoms with van der Waals surface area (Å²) < 4.78 is 59.6. The summed E-state index contributed by atoms with van der Waals surface area (Å²) in [5, 5.41) is 64.9. The molecule has 712 valence electrons. The number of nitrogens with zero attached hydrogens (tertiary/aromatic N) is 13. The minimum atomic E-state index is -1.37. The van der Waals surface area contributed by atoms with Crippen LogP contribution >= 0.6 is 58.0 Å². The van der Waals surface area contributed by atoms with Gasteiger partial charge in [0.1, 0.15) is 57.8 Å². The van der Waals surface area contributed by atoms with Gasteiger partial charge in [-0.15, -0.1) is 11.6 Å². The number of anilines is 17. The smallest absolute Gasteiger partial charge is 0.294 e. The van der Waals surface area contributed by atoms with Gasteiger partial charge in [0.25, 0.3) is 5.69 Å². The van der Waals surface area contributed by atoms with Crippen LogP contribution in [-0.2, 0) is 26.4 Å². The van der Waals surface area contributed by atoms with E-state index < -0.39 is 39.2 Å². The molecule has 3 aromatic heterocycles. The third-order valence-corrected chi connectivity index (χ3v) is 22.3. The Hall–Kier alpha value is -10.8. The second kappa shape index (κ2) is 47.0. The number of hydrogen-bond acceptors (Lipinski definition) is 29. The van der Waals surface area contributed by atoms with Gasteiger partial charge in [-0.05, 0) is 205 Å². The van der Waals surface area contributed by atoms with Crippen LogP contribution in [0.5, 0.6) is 17.2 Å². The van der Waals surface area contributed by atoms with Crippen molar-refractivity contribution in [2.75, 3.05) is 166 Å². The van der Waals surface area contributed by atoms with Crippen molar-refractivity contribution in [1.29, 1.82) is 0 Å². The molecule has 0 unspecified atom stereocenters. The molecular formula is C92H123Cl5F3N21O10. The Morgan fingerprint density at radius 3 is 1.15 bits per heavy atom. The van der Waals surface area contributed by atoms with Crippen LogP contribution in [0, 0.1) is 45.3 Å². The molecule has 0 aliphatic carbocycles. The predicted octanol–water partition coefficient (Wildman–Crippen LogP) is 19.6. The molecule has 3 saturated heterocycles. The Morgan fingerprint density at radius 2 is 0.847 bits per heavy atom. The monoisotopic (exact) mass is 1910 g/mol. The first-order valence-electron chi connectivity index (χ1n) is 41.4. The first-order chi connectivity index (χ1) is 60.7. The molecule has 9 aromatic rings. The van der Waals surface area contributed by atoms with Gasteiger partial charge in [-0.2, -0.15) is 15.0 Å². The number of amides is 1. The number of carbonyl (C=O) groups excluding carboxylic acids is 2. The molecule has 6 heterocycles. The Morgan fingerprint density at radius 1 is 0.527 bits per heavy atom. The van der Waals surface area contributed by atoms with Gasteiger partial charge in [-0.1, -0.05) is 77.0 Å². The third-order valence-electron chi connectivity index (χ3n) is 21.1. The van der Waals surface area contributed by atoms with Gasteiger partial charge in [0, 0.05) is 146 Å². The number of aromatic nitrogens is 6. The lowest BCUT2D eigenvalue weighted by molar-refractivity contribution is -0.384. The van der Waals surface area contributed by atoms with Crippen LogP contribution in [0.3, 0.4) is 0 Å². The molecule has 131 heavy (non-hydrogen) atoms. The number of halogens is 8. The van der Waals surface area contributed by atoms with E-state index in [1.807, 2.05) is 46.4 Å². The van der Waals surface area contributed by atoms with Crippen molar-refractivity contribution in [1.82, 2.24) is 44.6 Å². The van der Waals surface area contributed by atoms with E-state index in [-0.39, 0.29) is 82.7 Å². The van der Waals surface area contributed by atoms with Gasteiger partial charge < -0.3 is 102 Å². The largest absolute Gasteiger partial charge is 0.494 e. The minimum Gasteiger partial charge on any atom is -0.494 e. The fraction of sp³-hybridized carbons (Fsp3) is 0.435. The van der Waals surface area contributed by atoms with E-state index in [0.29, 0.717) is 139 Å². The summed E-state index contributed by atoms with van der Waals surface area (Å²) in [6.45, 7) is 24.6. The number of aliphatic hydroxyl groups is 3. The van der Waals surface area contributed by atoms with E-state index in [1.165, 1.54) is 75.7 Å². The fourth-order valence-corrected chi connectivity index (χ4v) is 16.4. The third kappa shape index (κ3) is 29.4. The van der Waals surface area contributed by atoms with Crippen LogP contribution in [0.4, 0.5) is 117 Å². The van der Waals surface area contributed by atoms with Crippen LogP contribution < -0.4 is 71.9 Å². The number of nitrogens with one attached hydrogen (secondary N) is 7. The lowest BCUT2D eigenvalue weighted by Crippen LogP contribution is -2.38. The number of rotatable bonds is 32. The Bertz CT molecular complexity index is 5440. The standard InChI is InChI=1S/C31H39ClFN7O3.C28H35ClFN7O4.C28H37ClFN7O2.C3H4Cl2O.2CH4/c1-8-29(41)36-24-14-25(27(43-7)15-26(24)40-16-18(2)11-19(40)17-39(5)6)37-30-34-10-9-28(38-30)35-23-13-21(32)22(33)12-20(23)31(3,4)42;1-16-9-17(15-35(4)5)36(14-16)23-13-25(41-6)22(12-24(23)37(39)40)33-27-31-8-7-26(34-27)32-21-11-19(29)20(30)10-18(21)28(2,3)38;1-16-9-17(15-36(4)5)37(14-16)24-13-25(39-6)23(12-21(24)31)34-27-32-8-7-26(35-27)33-22-11-19(29)20(30)10-18(22)28(2,3)38;4-2-1-3(5)6;;/h8-10,12-15,18-19,42H,1,11,16-17H2,2-7H3,(H,36,41)(H2,34,35,37,38);7-8,10-13,16-17,38H,9,14-15H2,1-6H3,(H2,31,32,33,34);7-8,10-13,16-17,38H,9,14-15,31H2,1-6H3,(H2,32,33,34,35);1-2H2;2*1H4/t18-,19+;2*16-,17+;;;/m000.../s1. The van der Waals surface area contributed by atoms with Crippen molar-refractivity contribution in [3.05, 3.63) is 182 Å². The summed E-state index contributed by atoms with van der Waals surface area (Å²) >= 11 is 28.0. The molecule has 0 bridgehead atoms. The Kier molecular flexibility index (Phi) is 38.5. The van der Waals surface area contributed by atoms with Crippen LogP contribution in [0.1, 0.15) is 120 Å². The number of alkyl halides is 1. The zero-order valence-electron chi connectivity index (χ0n) is 75.5. The molecule has 1 amide bonds. The van der Waals surface area contributed by atoms with Crippen LogP contribution in [0.15, 0.2) is 122 Å². The number of benzene rings is 6. The molecule has 12 rings (SSSR count). The summed E-state index contributed by atoms with van der Waals surface area (Å²) in [6, 6.07) is 24.0. The minimum absolute atomic E-state index is 0. The number of methoxy groups -OCH3 is 3. The highest BCUT2D eigenvalue weighted by Gasteiger charge is 2.38. The average molecular weight is 1920 g/mol. The Balaban J connectivity index is 0.000000258. The SMILES string of the molecule is C.C.C=CC(=O)Nc1cc(Nc2nccc(Nc3cc(Cl)c(F)cc3C(C)(C)O)n2)c(OC)cc1N1C[C@@H](C)C[C@@H]1CN(C)C.COc1cc(N2C[C@@H](C)C[C@@H]2CN(C)C)c(N)cc1Nc1nccc(Nc2cc(Cl)c(F)cc2C(C)(C)O)n1.COc1cc(N2C[C@@H](C)C[C@@H]2CN(C)C)c([N+](=O)[O-])cc1Nc1nccc(Nc2cc(Cl)c(F)cc2C(C)(C)O)n1.O=C(Cl)CCCl. The van der Waals surface area contributed by atoms with E-state index in [9.17, 15) is 48.2 Å². The lowest BCUT2D eigenvalue weighted by atomic mass is 9.96. The van der Waals surface area contributed by atoms with Crippen molar-refractivity contribution in [2.24, 2.45) is 17.8 Å². The predicted molar refractivity (Wildman–Crippen MR) is 525 cm³/mol. The molecule has 31 nitrogen and oxygen atoms in total. The highest BCUT2D eigenvalue weighted by atomic mass is 35.5. The maximum Gasteiger partial charge on any atom is 0.294 e. The van der Waals surface area contributed by atoms with Crippen molar-refractivity contribution in [3.8, 4) is 17.2 Å². The van der Waals surface area contributed by atoms with Crippen molar-refractivity contribution in [2.45, 2.75) is 138 Å². The second-order valence-electron chi connectivity index (χ2n) is 34.4. The molecule has 39 heteroatoms. The van der Waals surface area contributed by atoms with Crippen LogP contribution in [0.2, 0.25) is 15.1 Å². The van der Waals surface area contributed by atoms with Gasteiger partial charge in [0.05, 0.1) is 97.9 Å². The van der Waals surface area contributed by atoms with Gasteiger partial charge >= 0.3 is 0 Å². The maximum absolute atomic E-state index is 14.2. The van der Waals surface area contributed by atoms with E-state index in [4.69, 9.17) is 77.9 Å². The molecular weight excluding hydrogens is 1790 g/mol. The fourth-order valence-electron chi connectivity index (χ4n) is 15.6. The first-order valence-corrected chi connectivity index (χ1v) is 43.5. The number of ether oxygens (including phenoxy) is 3. The Labute approximate surface area is 790 Å². The number of carbonyl (C=O) groups is 2. The molecule has 6 atom stereocenters. The highest BCUT2D eigenvalue weighted by Crippen LogP contribution is 2.47. The average Bonchev–Trinajstić information content (AvgIpc) is 1.74. The van der Waals surface area contributed by atoms with Crippen molar-refractivity contribution in [3.63, 3.8) is 0 Å². The quantitative estimate of drug-likeness (QED) is 0.00466. The molecule has 3 aliphatic heterocycles. The number of hydrogen-bond donors (Lipinski definition) is 11. The van der Waals surface area contributed by atoms with Gasteiger partial charge in [0.2, 0.25) is 29.0 Å². The molecule has 0 saturated carbocycles. The molecule has 6 aromatic carbocycles. The normalized spacial score (nSPS) is 16.5. The van der Waals surface area contributed by atoms with E-state index >= 15 is 0 Å². The van der Waals surface area contributed by atoms with E-state index in [2.05, 4.69) is 138 Å². The summed E-state index contributed by atoms with van der Waals surface area (Å²) in [4.78, 5) is 73.7. The summed E-state index contributed by atoms with van der Waals surface area (Å²) in [5.74, 6) is 2.81. The zero-order chi connectivity index (χ0) is 95.0. The topological polar surface area (TPSA) is 373 Å². The molecule has 12 N–H and O–H groups in total. The van der Waals surface area contributed by atoms with Crippen molar-refractivity contribution < 1.29 is 57.2 Å². The first kappa shape index (κ1) is 107. The van der Waals surface area contributed by atoms with Gasteiger partial charge in [-0.3, -0.25) is 19.7 Å². The van der Waals surface area contributed by atoms with Crippen LogP contribution in [0.25, 0.3) is 0 Å². The number of nitro benzene ring substituents is 1. The lowest BCUT2D eigenvalue weighted by Gasteiger charge is -2.31. The molecule has 0 radical (unpaired) electrons. The summed E-state index contributed by atoms with van der Waals surface area (Å²) in [7, 11) is 16.9. The number of nitrogens with two attached hydrogens (primary N) is 1. The zero-order valence-corrected chi connectivity index (χ0v) is 79.3. The maximum atomic E-state index is 14.2. The number of likely N-dealkylation sites (N-methyl/N-ethyl adjacent to an activating group) is 3. The molecule has 0 spiro atoms. The summed E-state index contributed by atoms with van der Waals surface area (Å²) in [6.07, 6.45) is 9.16. The van der Waals surface area contributed by atoms with Crippen LogP contribution in [-0.4, -0.2) is 203 Å². The van der Waals surface area contributed by atoms with Gasteiger partial charge in [0.15, 0.2) is 0 Å². The second-order valence-corrected chi connectivity index (χ2v) is 36.4. The molecule has 3 aliphatic rings. The van der Waals surface area contributed by atoms with Crippen molar-refractivity contribution >= 4 is 173 Å². The van der Waals surface area contributed by atoms with Gasteiger partial charge in [-0.25, -0.2) is 28.1 Å². The highest BCUT2D eigenvalue weighted by molar-refractivity contribution is 6.63. The van der Waals surface area contributed by atoms with E-state index in [0.717, 1.165) is 63.4 Å².